The molecule has 0 unspecified atom stereocenters. The van der Waals surface area contributed by atoms with Crippen LogP contribution in [-0.4, -0.2) is 25.3 Å². The Kier molecular flexibility index (Phi) is 2.61. The first-order valence-corrected chi connectivity index (χ1v) is 6.31. The third kappa shape index (κ3) is 2.45. The third-order valence-electron chi connectivity index (χ3n) is 2.15. The van der Waals surface area contributed by atoms with Crippen molar-refractivity contribution in [2.45, 2.75) is 6.42 Å². The van der Waals surface area contributed by atoms with E-state index in [0.29, 0.717) is 6.42 Å². The second-order valence-electron chi connectivity index (χ2n) is 3.32. The van der Waals surface area contributed by atoms with Crippen molar-refractivity contribution in [3.05, 3.63) is 36.3 Å². The minimum Gasteiger partial charge on any atom is -0.324 e. The van der Waals surface area contributed by atoms with E-state index in [1.807, 2.05) is 28.8 Å². The minimum absolute atomic E-state index is 0.143. The molecule has 6 heteroatoms. The Bertz CT molecular complexity index is 517. The second kappa shape index (κ2) is 3.77. The van der Waals surface area contributed by atoms with E-state index in [4.69, 9.17) is 9.79 Å². The molecule has 0 amide bonds. The Morgan fingerprint density at radius 3 is 2.93 bits per heavy atom. The van der Waals surface area contributed by atoms with E-state index in [9.17, 15) is 4.57 Å². The molecule has 0 radical (unpaired) electrons. The molecular formula is C9H11N2O3P. The number of aromatic nitrogens is 2. The summed E-state index contributed by atoms with van der Waals surface area (Å²) in [4.78, 5) is 21.7. The maximum Gasteiger partial charge on any atom is 0.325 e. The van der Waals surface area contributed by atoms with Crippen molar-refractivity contribution >= 4 is 13.2 Å². The molecule has 0 spiro atoms. The van der Waals surface area contributed by atoms with Gasteiger partial charge in [0.2, 0.25) is 0 Å². The molecule has 15 heavy (non-hydrogen) atoms. The number of hydrogen-bond acceptors (Lipinski definition) is 2. The summed E-state index contributed by atoms with van der Waals surface area (Å²) in [6, 6.07) is 5.58. The van der Waals surface area contributed by atoms with Crippen LogP contribution >= 0.6 is 7.60 Å². The lowest BCUT2D eigenvalue weighted by Gasteiger charge is -2.03. The minimum atomic E-state index is -3.93. The number of imidazole rings is 1. The molecule has 2 rings (SSSR count). The zero-order valence-electron chi connectivity index (χ0n) is 7.95. The van der Waals surface area contributed by atoms with Crippen molar-refractivity contribution < 1.29 is 14.4 Å². The predicted molar refractivity (Wildman–Crippen MR) is 55.8 cm³/mol. The molecule has 0 saturated heterocycles. The SMILES string of the molecule is O=P(O)(O)CCc1cnc2ccccn12. The predicted octanol–water partition coefficient (Wildman–Crippen LogP) is 1.05. The van der Waals surface area contributed by atoms with Gasteiger partial charge in [0, 0.05) is 24.5 Å². The van der Waals surface area contributed by atoms with E-state index < -0.39 is 7.60 Å². The van der Waals surface area contributed by atoms with E-state index >= 15 is 0 Å². The van der Waals surface area contributed by atoms with Gasteiger partial charge < -0.3 is 14.2 Å². The zero-order valence-corrected chi connectivity index (χ0v) is 8.84. The summed E-state index contributed by atoms with van der Waals surface area (Å²) in [6.45, 7) is 0. The van der Waals surface area contributed by atoms with E-state index in [1.54, 1.807) is 6.20 Å². The molecule has 2 N–H and O–H groups in total. The zero-order chi connectivity index (χ0) is 10.9. The van der Waals surface area contributed by atoms with Crippen molar-refractivity contribution in [1.29, 1.82) is 0 Å². The highest BCUT2D eigenvalue weighted by Crippen LogP contribution is 2.34. The van der Waals surface area contributed by atoms with Gasteiger partial charge in [0.05, 0.1) is 6.16 Å². The van der Waals surface area contributed by atoms with Gasteiger partial charge in [-0.25, -0.2) is 4.98 Å². The van der Waals surface area contributed by atoms with Gasteiger partial charge >= 0.3 is 7.60 Å². The van der Waals surface area contributed by atoms with E-state index in [-0.39, 0.29) is 6.16 Å². The summed E-state index contributed by atoms with van der Waals surface area (Å²) in [6.07, 6.45) is 3.66. The molecule has 0 aromatic carbocycles. The van der Waals surface area contributed by atoms with Crippen molar-refractivity contribution in [3.8, 4) is 0 Å². The maximum absolute atomic E-state index is 10.7. The van der Waals surface area contributed by atoms with Crippen molar-refractivity contribution in [2.75, 3.05) is 6.16 Å². The Hall–Kier alpha value is -1.16. The molecule has 2 aromatic heterocycles. The summed E-state index contributed by atoms with van der Waals surface area (Å²) in [5.74, 6) is 0. The lowest BCUT2D eigenvalue weighted by molar-refractivity contribution is 0.372. The van der Waals surface area contributed by atoms with E-state index in [2.05, 4.69) is 4.98 Å². The highest BCUT2D eigenvalue weighted by molar-refractivity contribution is 7.51. The molecule has 0 aliphatic carbocycles. The van der Waals surface area contributed by atoms with Crippen LogP contribution in [0, 0.1) is 0 Å². The largest absolute Gasteiger partial charge is 0.325 e. The smallest absolute Gasteiger partial charge is 0.324 e. The van der Waals surface area contributed by atoms with Gasteiger partial charge in [-0.1, -0.05) is 6.07 Å². The van der Waals surface area contributed by atoms with Crippen LogP contribution in [-0.2, 0) is 11.0 Å². The van der Waals surface area contributed by atoms with Gasteiger partial charge in [-0.3, -0.25) is 4.57 Å². The highest BCUT2D eigenvalue weighted by atomic mass is 31.2. The summed E-state index contributed by atoms with van der Waals surface area (Å²) in [5.41, 5.74) is 1.60. The van der Waals surface area contributed by atoms with Crippen molar-refractivity contribution in [2.24, 2.45) is 0 Å². The first kappa shape index (κ1) is 10.4. The first-order valence-electron chi connectivity index (χ1n) is 4.52. The number of pyridine rings is 1. The number of nitrogens with zero attached hydrogens (tertiary/aromatic N) is 2. The van der Waals surface area contributed by atoms with Gasteiger partial charge in [0.1, 0.15) is 5.65 Å². The number of rotatable bonds is 3. The maximum atomic E-state index is 10.7. The molecule has 0 aliphatic rings. The molecule has 2 aromatic rings. The lowest BCUT2D eigenvalue weighted by Crippen LogP contribution is -1.97. The van der Waals surface area contributed by atoms with Crippen molar-refractivity contribution in [1.82, 2.24) is 9.38 Å². The van der Waals surface area contributed by atoms with Crippen LogP contribution in [0.3, 0.4) is 0 Å². The molecule has 0 fully saturated rings. The number of aryl methyl sites for hydroxylation is 1. The Morgan fingerprint density at radius 1 is 1.40 bits per heavy atom. The van der Waals surface area contributed by atoms with Crippen molar-refractivity contribution in [3.63, 3.8) is 0 Å². The van der Waals surface area contributed by atoms with Crippen LogP contribution in [0.1, 0.15) is 5.69 Å². The highest BCUT2D eigenvalue weighted by Gasteiger charge is 2.14. The fourth-order valence-corrected chi connectivity index (χ4v) is 1.95. The van der Waals surface area contributed by atoms with Gasteiger partial charge in [-0.2, -0.15) is 0 Å². The van der Waals surface area contributed by atoms with E-state index in [0.717, 1.165) is 11.3 Å². The van der Waals surface area contributed by atoms with Crippen LogP contribution in [0.4, 0.5) is 0 Å². The summed E-state index contributed by atoms with van der Waals surface area (Å²) in [5, 5.41) is 0. The fourth-order valence-electron chi connectivity index (χ4n) is 1.43. The fraction of sp³-hybridized carbons (Fsp3) is 0.222. The van der Waals surface area contributed by atoms with Gasteiger partial charge in [-0.05, 0) is 12.1 Å². The van der Waals surface area contributed by atoms with Gasteiger partial charge in [0.25, 0.3) is 0 Å². The molecule has 5 nitrogen and oxygen atoms in total. The molecule has 0 aliphatic heterocycles. The monoisotopic (exact) mass is 226 g/mol. The van der Waals surface area contributed by atoms with Gasteiger partial charge in [0.15, 0.2) is 0 Å². The third-order valence-corrected chi connectivity index (χ3v) is 2.96. The average Bonchev–Trinajstić information content (AvgIpc) is 2.57. The summed E-state index contributed by atoms with van der Waals surface area (Å²) in [7, 11) is -3.93. The molecule has 0 bridgehead atoms. The quantitative estimate of drug-likeness (QED) is 0.767. The topological polar surface area (TPSA) is 74.8 Å². The first-order chi connectivity index (χ1) is 7.06. The normalized spacial score (nSPS) is 12.1. The van der Waals surface area contributed by atoms with Crippen LogP contribution in [0.5, 0.6) is 0 Å². The van der Waals surface area contributed by atoms with Crippen LogP contribution in [0.15, 0.2) is 30.6 Å². The summed E-state index contributed by atoms with van der Waals surface area (Å²) >= 11 is 0. The lowest BCUT2D eigenvalue weighted by atomic mass is 10.3. The number of hydrogen-bond donors (Lipinski definition) is 2. The molecule has 2 heterocycles. The van der Waals surface area contributed by atoms with Crippen LogP contribution in [0.25, 0.3) is 5.65 Å². The average molecular weight is 226 g/mol. The standard InChI is InChI=1S/C9H11N2O3P/c12-15(13,14)6-4-8-7-10-9-3-1-2-5-11(8)9/h1-3,5,7H,4,6H2,(H2,12,13,14). The Balaban J connectivity index is 2.25. The van der Waals surface area contributed by atoms with Crippen LogP contribution in [0.2, 0.25) is 0 Å². The Labute approximate surface area is 86.6 Å². The summed E-state index contributed by atoms with van der Waals surface area (Å²) < 4.78 is 12.6. The molecule has 0 saturated carbocycles. The molecular weight excluding hydrogens is 215 g/mol. The van der Waals surface area contributed by atoms with E-state index in [1.165, 1.54) is 0 Å². The second-order valence-corrected chi connectivity index (χ2v) is 5.09. The molecule has 80 valence electrons. The van der Waals surface area contributed by atoms with Crippen LogP contribution < -0.4 is 0 Å². The van der Waals surface area contributed by atoms with Gasteiger partial charge in [-0.15, -0.1) is 0 Å². The Morgan fingerprint density at radius 2 is 2.20 bits per heavy atom. The molecule has 0 atom stereocenters. The number of fused-ring (bicyclic) bond motifs is 1.